The zero-order chi connectivity index (χ0) is 18.9. The average molecular weight is 419 g/mol. The Kier molecular flexibility index (Phi) is 7.67. The van der Waals surface area contributed by atoms with Crippen molar-refractivity contribution in [2.75, 3.05) is 24.2 Å². The standard InChI is InChI=1S/C19H22N4OS3/c1-2-20-18-21-22-19(27-18)26-14-17(24)23(13-16-9-6-12-25-16)11-10-15-7-4-3-5-8-15/h3-9,12H,2,10-11,13-14H2,1H3,(H,20,21). The van der Waals surface area contributed by atoms with Crippen LogP contribution in [0.4, 0.5) is 5.13 Å². The average Bonchev–Trinajstić information content (AvgIpc) is 3.36. The first-order valence-corrected chi connectivity index (χ1v) is 11.5. The van der Waals surface area contributed by atoms with E-state index in [2.05, 4.69) is 33.7 Å². The number of hydrogen-bond acceptors (Lipinski definition) is 7. The fraction of sp³-hybridized carbons (Fsp3) is 0.316. The zero-order valence-corrected chi connectivity index (χ0v) is 17.6. The Morgan fingerprint density at radius 1 is 1.19 bits per heavy atom. The normalized spacial score (nSPS) is 10.7. The predicted molar refractivity (Wildman–Crippen MR) is 115 cm³/mol. The third-order valence-electron chi connectivity index (χ3n) is 3.85. The number of rotatable bonds is 10. The van der Waals surface area contributed by atoms with Gasteiger partial charge in [-0.2, -0.15) is 0 Å². The molecule has 2 heterocycles. The van der Waals surface area contributed by atoms with E-state index in [0.29, 0.717) is 18.8 Å². The Bertz CT molecular complexity index is 821. The SMILES string of the molecule is CCNc1nnc(SCC(=O)N(CCc2ccccc2)Cc2cccs2)s1. The lowest BCUT2D eigenvalue weighted by Crippen LogP contribution is -2.33. The minimum Gasteiger partial charge on any atom is -0.360 e. The summed E-state index contributed by atoms with van der Waals surface area (Å²) in [7, 11) is 0. The summed E-state index contributed by atoms with van der Waals surface area (Å²) in [4.78, 5) is 16.0. The van der Waals surface area contributed by atoms with Crippen LogP contribution in [0.2, 0.25) is 0 Å². The van der Waals surface area contributed by atoms with Crippen LogP contribution in [0.5, 0.6) is 0 Å². The van der Waals surface area contributed by atoms with Crippen LogP contribution in [0, 0.1) is 0 Å². The maximum Gasteiger partial charge on any atom is 0.233 e. The first-order valence-electron chi connectivity index (χ1n) is 8.79. The van der Waals surface area contributed by atoms with Gasteiger partial charge in [-0.3, -0.25) is 4.79 Å². The summed E-state index contributed by atoms with van der Waals surface area (Å²) in [6, 6.07) is 14.4. The van der Waals surface area contributed by atoms with Gasteiger partial charge in [-0.05, 0) is 30.4 Å². The molecule has 27 heavy (non-hydrogen) atoms. The fourth-order valence-electron chi connectivity index (χ4n) is 2.50. The van der Waals surface area contributed by atoms with Gasteiger partial charge in [-0.1, -0.05) is 59.5 Å². The largest absolute Gasteiger partial charge is 0.360 e. The molecule has 0 spiro atoms. The number of nitrogens with one attached hydrogen (secondary N) is 1. The van der Waals surface area contributed by atoms with E-state index in [1.807, 2.05) is 41.5 Å². The number of thioether (sulfide) groups is 1. The lowest BCUT2D eigenvalue weighted by atomic mass is 10.1. The molecule has 8 heteroatoms. The zero-order valence-electron chi connectivity index (χ0n) is 15.1. The minimum absolute atomic E-state index is 0.129. The van der Waals surface area contributed by atoms with Crippen molar-refractivity contribution in [3.63, 3.8) is 0 Å². The number of carbonyl (C=O) groups is 1. The summed E-state index contributed by atoms with van der Waals surface area (Å²) >= 11 is 4.63. The topological polar surface area (TPSA) is 58.1 Å². The Labute approximate surface area is 171 Å². The molecule has 0 atom stereocenters. The number of carbonyl (C=O) groups excluding carboxylic acids is 1. The summed E-state index contributed by atoms with van der Waals surface area (Å²) in [5, 5.41) is 14.2. The van der Waals surface area contributed by atoms with Crippen molar-refractivity contribution in [3.05, 3.63) is 58.3 Å². The Morgan fingerprint density at radius 3 is 2.78 bits per heavy atom. The maximum absolute atomic E-state index is 12.8. The fourth-order valence-corrected chi connectivity index (χ4v) is 4.94. The van der Waals surface area contributed by atoms with E-state index in [1.54, 1.807) is 11.3 Å². The van der Waals surface area contributed by atoms with Gasteiger partial charge >= 0.3 is 0 Å². The molecule has 3 aromatic rings. The molecule has 5 nitrogen and oxygen atoms in total. The third kappa shape index (κ3) is 6.34. The molecule has 1 aromatic carbocycles. The van der Waals surface area contributed by atoms with Crippen LogP contribution in [0.15, 0.2) is 52.2 Å². The summed E-state index contributed by atoms with van der Waals surface area (Å²) < 4.78 is 0.818. The smallest absolute Gasteiger partial charge is 0.233 e. The number of aromatic nitrogens is 2. The van der Waals surface area contributed by atoms with Crippen LogP contribution in [0.25, 0.3) is 0 Å². The molecular weight excluding hydrogens is 396 g/mol. The van der Waals surface area contributed by atoms with Crippen LogP contribution in [-0.4, -0.2) is 39.8 Å². The second-order valence-electron chi connectivity index (χ2n) is 5.82. The summed E-state index contributed by atoms with van der Waals surface area (Å²) in [6.45, 7) is 4.20. The third-order valence-corrected chi connectivity index (χ3v) is 6.71. The molecule has 0 fully saturated rings. The highest BCUT2D eigenvalue weighted by atomic mass is 32.2. The molecule has 0 aliphatic carbocycles. The molecule has 1 amide bonds. The van der Waals surface area contributed by atoms with E-state index in [0.717, 1.165) is 22.4 Å². The van der Waals surface area contributed by atoms with Gasteiger partial charge in [0.1, 0.15) is 0 Å². The monoisotopic (exact) mass is 418 g/mol. The quantitative estimate of drug-likeness (QED) is 0.495. The Morgan fingerprint density at radius 2 is 2.04 bits per heavy atom. The molecule has 0 aliphatic rings. The predicted octanol–water partition coefficient (Wildman–Crippen LogP) is 4.40. The molecule has 0 bridgehead atoms. The van der Waals surface area contributed by atoms with Gasteiger partial charge in [0.2, 0.25) is 11.0 Å². The van der Waals surface area contributed by atoms with Gasteiger partial charge in [0.15, 0.2) is 4.34 Å². The van der Waals surface area contributed by atoms with E-state index in [-0.39, 0.29) is 5.91 Å². The minimum atomic E-state index is 0.129. The molecule has 0 radical (unpaired) electrons. The summed E-state index contributed by atoms with van der Waals surface area (Å²) in [5.74, 6) is 0.505. The van der Waals surface area contributed by atoms with E-state index < -0.39 is 0 Å². The van der Waals surface area contributed by atoms with E-state index in [1.165, 1.54) is 33.5 Å². The number of amides is 1. The van der Waals surface area contributed by atoms with Gasteiger partial charge in [0.05, 0.1) is 12.3 Å². The van der Waals surface area contributed by atoms with Crippen molar-refractivity contribution in [1.29, 1.82) is 0 Å². The maximum atomic E-state index is 12.8. The van der Waals surface area contributed by atoms with Crippen molar-refractivity contribution < 1.29 is 4.79 Å². The van der Waals surface area contributed by atoms with E-state index >= 15 is 0 Å². The second kappa shape index (κ2) is 10.4. The molecule has 0 aliphatic heterocycles. The first kappa shape index (κ1) is 19.9. The van der Waals surface area contributed by atoms with E-state index in [4.69, 9.17) is 0 Å². The highest BCUT2D eigenvalue weighted by molar-refractivity contribution is 8.01. The van der Waals surface area contributed by atoms with E-state index in [9.17, 15) is 4.79 Å². The summed E-state index contributed by atoms with van der Waals surface area (Å²) in [5.41, 5.74) is 1.24. The van der Waals surface area contributed by atoms with Crippen LogP contribution < -0.4 is 5.32 Å². The highest BCUT2D eigenvalue weighted by Gasteiger charge is 2.16. The van der Waals surface area contributed by atoms with Gasteiger partial charge in [-0.25, -0.2) is 0 Å². The van der Waals surface area contributed by atoms with Crippen molar-refractivity contribution in [3.8, 4) is 0 Å². The second-order valence-corrected chi connectivity index (χ2v) is 9.05. The molecule has 0 saturated carbocycles. The number of anilines is 1. The molecule has 0 saturated heterocycles. The van der Waals surface area contributed by atoms with Crippen LogP contribution in [0.1, 0.15) is 17.4 Å². The lowest BCUT2D eigenvalue weighted by molar-refractivity contribution is -0.128. The van der Waals surface area contributed by atoms with Crippen molar-refractivity contribution >= 4 is 45.5 Å². The number of benzene rings is 1. The number of hydrogen-bond donors (Lipinski definition) is 1. The number of nitrogens with zero attached hydrogens (tertiary/aromatic N) is 3. The van der Waals surface area contributed by atoms with Crippen molar-refractivity contribution in [2.24, 2.45) is 0 Å². The van der Waals surface area contributed by atoms with Crippen molar-refractivity contribution in [1.82, 2.24) is 15.1 Å². The number of thiophene rings is 1. The van der Waals surface area contributed by atoms with Crippen LogP contribution in [-0.2, 0) is 17.8 Å². The van der Waals surface area contributed by atoms with Crippen molar-refractivity contribution in [2.45, 2.75) is 24.2 Å². The molecule has 142 valence electrons. The van der Waals surface area contributed by atoms with Gasteiger partial charge in [-0.15, -0.1) is 21.5 Å². The van der Waals surface area contributed by atoms with Gasteiger partial charge in [0, 0.05) is 18.0 Å². The van der Waals surface area contributed by atoms with Gasteiger partial charge in [0.25, 0.3) is 0 Å². The van der Waals surface area contributed by atoms with Crippen LogP contribution >= 0.6 is 34.4 Å². The molecular formula is C19H22N4OS3. The Hall–Kier alpha value is -1.90. The first-order chi connectivity index (χ1) is 13.2. The molecule has 1 N–H and O–H groups in total. The summed E-state index contributed by atoms with van der Waals surface area (Å²) in [6.07, 6.45) is 0.853. The molecule has 3 rings (SSSR count). The lowest BCUT2D eigenvalue weighted by Gasteiger charge is -2.22. The Balaban J connectivity index is 1.58. The molecule has 0 unspecified atom stereocenters. The van der Waals surface area contributed by atoms with Crippen LogP contribution in [0.3, 0.4) is 0 Å². The molecule has 2 aromatic heterocycles. The highest BCUT2D eigenvalue weighted by Crippen LogP contribution is 2.26. The van der Waals surface area contributed by atoms with Gasteiger partial charge < -0.3 is 10.2 Å².